The molecule has 1 aliphatic heterocycles. The number of morpholine rings is 1. The Balaban J connectivity index is 1.78. The van der Waals surface area contributed by atoms with Crippen molar-refractivity contribution in [2.75, 3.05) is 19.8 Å². The summed E-state index contributed by atoms with van der Waals surface area (Å²) in [5.41, 5.74) is -0.634. The van der Waals surface area contributed by atoms with Gasteiger partial charge in [-0.2, -0.15) is 13.2 Å². The van der Waals surface area contributed by atoms with Crippen LogP contribution in [0.2, 0.25) is 0 Å². The van der Waals surface area contributed by atoms with Crippen molar-refractivity contribution >= 4 is 11.9 Å². The van der Waals surface area contributed by atoms with Crippen LogP contribution in [-0.4, -0.2) is 47.7 Å². The summed E-state index contributed by atoms with van der Waals surface area (Å²) in [6, 6.07) is 4.14. The van der Waals surface area contributed by atoms with E-state index in [4.69, 9.17) is 4.74 Å². The molecular weight excluding hydrogens is 327 g/mol. The summed E-state index contributed by atoms with van der Waals surface area (Å²) in [4.78, 5) is 25.0. The number of carboxylic acids is 1. The normalized spacial score (nSPS) is 27.0. The number of aliphatic carboxylic acids is 1. The molecule has 24 heavy (non-hydrogen) atoms. The molecule has 130 valence electrons. The van der Waals surface area contributed by atoms with E-state index >= 15 is 0 Å². The third kappa shape index (κ3) is 3.10. The predicted molar refractivity (Wildman–Crippen MR) is 76.2 cm³/mol. The van der Waals surface area contributed by atoms with Crippen molar-refractivity contribution in [3.63, 3.8) is 0 Å². The second-order valence-corrected chi connectivity index (χ2v) is 5.99. The molecule has 2 aliphatic rings. The molecule has 3 unspecified atom stereocenters. The summed E-state index contributed by atoms with van der Waals surface area (Å²) >= 11 is 0. The highest BCUT2D eigenvalue weighted by molar-refractivity contribution is 5.88. The Morgan fingerprint density at radius 3 is 2.62 bits per heavy atom. The van der Waals surface area contributed by atoms with Gasteiger partial charge in [-0.25, -0.2) is 4.79 Å². The minimum atomic E-state index is -4.48. The number of benzene rings is 1. The topological polar surface area (TPSA) is 66.8 Å². The molecule has 1 amide bonds. The molecular formula is C16H16F3NO4. The first kappa shape index (κ1) is 16.8. The Labute approximate surface area is 136 Å². The van der Waals surface area contributed by atoms with Crippen molar-refractivity contribution in [1.82, 2.24) is 4.90 Å². The first-order valence-corrected chi connectivity index (χ1v) is 7.58. The van der Waals surface area contributed by atoms with Crippen LogP contribution in [0, 0.1) is 5.92 Å². The monoisotopic (exact) mass is 343 g/mol. The van der Waals surface area contributed by atoms with Crippen molar-refractivity contribution in [3.05, 3.63) is 35.4 Å². The number of carbonyl (C=O) groups is 2. The molecule has 0 aromatic heterocycles. The second kappa shape index (κ2) is 6.08. The molecule has 8 heteroatoms. The van der Waals surface area contributed by atoms with Gasteiger partial charge in [0, 0.05) is 12.5 Å². The van der Waals surface area contributed by atoms with Crippen LogP contribution in [0.15, 0.2) is 24.3 Å². The molecule has 1 N–H and O–H groups in total. The van der Waals surface area contributed by atoms with Gasteiger partial charge in [-0.3, -0.25) is 4.79 Å². The zero-order valence-electron chi connectivity index (χ0n) is 12.6. The zero-order chi connectivity index (χ0) is 17.5. The van der Waals surface area contributed by atoms with Crippen LogP contribution in [-0.2, 0) is 20.5 Å². The Hall–Kier alpha value is -2.09. The Morgan fingerprint density at radius 1 is 1.25 bits per heavy atom. The molecule has 3 rings (SSSR count). The lowest BCUT2D eigenvalue weighted by Gasteiger charge is -2.33. The number of carbonyl (C=O) groups excluding carboxylic acids is 1. The van der Waals surface area contributed by atoms with Gasteiger partial charge in [-0.05, 0) is 24.0 Å². The quantitative estimate of drug-likeness (QED) is 0.913. The third-order valence-electron chi connectivity index (χ3n) is 4.47. The molecule has 1 saturated heterocycles. The number of ether oxygens (including phenoxy) is 1. The summed E-state index contributed by atoms with van der Waals surface area (Å²) in [5, 5.41) is 9.17. The number of nitrogens with zero attached hydrogens (tertiary/aromatic N) is 1. The molecule has 3 atom stereocenters. The SMILES string of the molecule is O=C(O)C1COCCN1C(=O)C1CC1c1ccccc1C(F)(F)F. The second-order valence-electron chi connectivity index (χ2n) is 5.99. The van der Waals surface area contributed by atoms with E-state index in [9.17, 15) is 27.9 Å². The molecule has 1 saturated carbocycles. The zero-order valence-corrected chi connectivity index (χ0v) is 12.6. The number of alkyl halides is 3. The molecule has 1 heterocycles. The van der Waals surface area contributed by atoms with E-state index in [0.717, 1.165) is 6.07 Å². The minimum Gasteiger partial charge on any atom is -0.480 e. The van der Waals surface area contributed by atoms with Crippen LogP contribution in [0.5, 0.6) is 0 Å². The maximum atomic E-state index is 13.1. The van der Waals surface area contributed by atoms with E-state index in [0.29, 0.717) is 6.42 Å². The average molecular weight is 343 g/mol. The summed E-state index contributed by atoms with van der Waals surface area (Å²) < 4.78 is 44.4. The van der Waals surface area contributed by atoms with Gasteiger partial charge in [0.15, 0.2) is 6.04 Å². The number of carboxylic acid groups (broad SMARTS) is 1. The van der Waals surface area contributed by atoms with Crippen LogP contribution >= 0.6 is 0 Å². The first-order chi connectivity index (χ1) is 11.3. The summed E-state index contributed by atoms with van der Waals surface area (Å²) in [5.74, 6) is -2.70. The van der Waals surface area contributed by atoms with Gasteiger partial charge >= 0.3 is 12.1 Å². The summed E-state index contributed by atoms with van der Waals surface area (Å²) in [6.07, 6.45) is -4.18. The fourth-order valence-corrected chi connectivity index (χ4v) is 3.18. The number of rotatable bonds is 3. The largest absolute Gasteiger partial charge is 0.480 e. The van der Waals surface area contributed by atoms with Crippen molar-refractivity contribution in [3.8, 4) is 0 Å². The third-order valence-corrected chi connectivity index (χ3v) is 4.47. The van der Waals surface area contributed by atoms with Crippen LogP contribution in [0.4, 0.5) is 13.2 Å². The minimum absolute atomic E-state index is 0.0996. The number of halogens is 3. The lowest BCUT2D eigenvalue weighted by molar-refractivity contribution is -0.159. The fourth-order valence-electron chi connectivity index (χ4n) is 3.18. The van der Waals surface area contributed by atoms with E-state index in [1.807, 2.05) is 0 Å². The highest BCUT2D eigenvalue weighted by Gasteiger charge is 2.50. The molecule has 2 fully saturated rings. The van der Waals surface area contributed by atoms with Crippen LogP contribution in [0.25, 0.3) is 0 Å². The van der Waals surface area contributed by atoms with Gasteiger partial charge in [-0.15, -0.1) is 0 Å². The highest BCUT2D eigenvalue weighted by atomic mass is 19.4. The highest BCUT2D eigenvalue weighted by Crippen LogP contribution is 2.51. The predicted octanol–water partition coefficient (Wildman–Crippen LogP) is 2.12. The van der Waals surface area contributed by atoms with Crippen molar-refractivity contribution in [1.29, 1.82) is 0 Å². The Kier molecular flexibility index (Phi) is 4.25. The molecule has 0 spiro atoms. The van der Waals surface area contributed by atoms with E-state index in [2.05, 4.69) is 0 Å². The van der Waals surface area contributed by atoms with E-state index in [1.165, 1.54) is 23.1 Å². The van der Waals surface area contributed by atoms with Crippen molar-refractivity contribution in [2.45, 2.75) is 24.6 Å². The Morgan fingerprint density at radius 2 is 1.96 bits per heavy atom. The molecule has 1 aliphatic carbocycles. The molecule has 0 bridgehead atoms. The summed E-state index contributed by atoms with van der Waals surface area (Å²) in [7, 11) is 0. The standard InChI is InChI=1S/C16H16F3NO4/c17-16(18,19)12-4-2-1-3-9(12)10-7-11(10)14(21)20-5-6-24-8-13(20)15(22)23/h1-4,10-11,13H,5-8H2,(H,22,23). The molecule has 1 aromatic carbocycles. The van der Waals surface area contributed by atoms with Crippen LogP contribution in [0.3, 0.4) is 0 Å². The van der Waals surface area contributed by atoms with Crippen molar-refractivity contribution in [2.24, 2.45) is 5.92 Å². The van der Waals surface area contributed by atoms with E-state index in [-0.39, 0.29) is 25.3 Å². The van der Waals surface area contributed by atoms with Gasteiger partial charge < -0.3 is 14.7 Å². The number of hydrogen-bond donors (Lipinski definition) is 1. The van der Waals surface area contributed by atoms with Gasteiger partial charge in [0.2, 0.25) is 5.91 Å². The van der Waals surface area contributed by atoms with Crippen LogP contribution < -0.4 is 0 Å². The van der Waals surface area contributed by atoms with Gasteiger partial charge in [0.25, 0.3) is 0 Å². The maximum Gasteiger partial charge on any atom is 0.416 e. The number of amides is 1. The average Bonchev–Trinajstić information content (AvgIpc) is 3.34. The number of hydrogen-bond acceptors (Lipinski definition) is 3. The van der Waals surface area contributed by atoms with E-state index < -0.39 is 41.5 Å². The first-order valence-electron chi connectivity index (χ1n) is 7.58. The van der Waals surface area contributed by atoms with Gasteiger partial charge in [0.05, 0.1) is 18.8 Å². The van der Waals surface area contributed by atoms with E-state index in [1.54, 1.807) is 0 Å². The lowest BCUT2D eigenvalue weighted by Crippen LogP contribution is -2.53. The lowest BCUT2D eigenvalue weighted by atomic mass is 10.0. The van der Waals surface area contributed by atoms with Crippen LogP contribution in [0.1, 0.15) is 23.5 Å². The summed E-state index contributed by atoms with van der Waals surface area (Å²) in [6.45, 7) is 0.267. The molecule has 0 radical (unpaired) electrons. The molecule has 1 aromatic rings. The smallest absolute Gasteiger partial charge is 0.416 e. The molecule has 5 nitrogen and oxygen atoms in total. The fraction of sp³-hybridized carbons (Fsp3) is 0.500. The maximum absolute atomic E-state index is 13.1. The van der Waals surface area contributed by atoms with Crippen molar-refractivity contribution < 1.29 is 32.6 Å². The van der Waals surface area contributed by atoms with Gasteiger partial charge in [-0.1, -0.05) is 18.2 Å². The van der Waals surface area contributed by atoms with Gasteiger partial charge in [0.1, 0.15) is 0 Å². The Bertz CT molecular complexity index is 661.